The van der Waals surface area contributed by atoms with Gasteiger partial charge in [-0.15, -0.1) is 10.2 Å². The molecule has 174 valence electrons. The van der Waals surface area contributed by atoms with Crippen LogP contribution in [0.1, 0.15) is 35.0 Å². The fourth-order valence-electron chi connectivity index (χ4n) is 3.58. The van der Waals surface area contributed by atoms with E-state index in [-0.39, 0.29) is 12.6 Å². The molecular weight excluding hydrogens is 442 g/mol. The molecule has 6 nitrogen and oxygen atoms in total. The van der Waals surface area contributed by atoms with Crippen LogP contribution in [0.4, 0.5) is 10.5 Å². The lowest BCUT2D eigenvalue weighted by molar-refractivity contribution is 0.251. The van der Waals surface area contributed by atoms with Crippen LogP contribution in [0.3, 0.4) is 0 Å². The number of aromatic nitrogens is 3. The molecule has 0 saturated heterocycles. The predicted molar refractivity (Wildman–Crippen MR) is 139 cm³/mol. The Bertz CT molecular complexity index is 1270. The average molecular weight is 472 g/mol. The average Bonchev–Trinajstić information content (AvgIpc) is 3.25. The molecule has 0 aliphatic rings. The largest absolute Gasteiger partial charge is 0.331 e. The number of benzene rings is 3. The molecule has 3 aromatic carbocycles. The van der Waals surface area contributed by atoms with Gasteiger partial charge >= 0.3 is 6.03 Å². The molecule has 1 aromatic heterocycles. The summed E-state index contributed by atoms with van der Waals surface area (Å²) in [5.41, 5.74) is 6.61. The van der Waals surface area contributed by atoms with Crippen molar-refractivity contribution in [2.75, 3.05) is 5.32 Å². The highest BCUT2D eigenvalue weighted by Gasteiger charge is 2.16. The molecule has 0 aliphatic heterocycles. The van der Waals surface area contributed by atoms with Crippen molar-refractivity contribution < 1.29 is 4.79 Å². The Morgan fingerprint density at radius 1 is 0.971 bits per heavy atom. The monoisotopic (exact) mass is 471 g/mol. The number of nitrogens with zero attached hydrogens (tertiary/aromatic N) is 3. The number of nitrogens with one attached hydrogen (secondary N) is 2. The fourth-order valence-corrected chi connectivity index (χ4v) is 4.63. The number of hydrogen-bond donors (Lipinski definition) is 2. The molecule has 0 bridgehead atoms. The molecule has 0 radical (unpaired) electrons. The number of hydrogen-bond acceptors (Lipinski definition) is 4. The Hall–Kier alpha value is -3.58. The van der Waals surface area contributed by atoms with Crippen molar-refractivity contribution in [2.24, 2.45) is 0 Å². The summed E-state index contributed by atoms with van der Waals surface area (Å²) in [6, 6.07) is 24.2. The second-order valence-electron chi connectivity index (χ2n) is 8.15. The first-order valence-corrected chi connectivity index (χ1v) is 12.3. The maximum absolute atomic E-state index is 12.5. The van der Waals surface area contributed by atoms with Crippen LogP contribution in [-0.2, 0) is 18.7 Å². The van der Waals surface area contributed by atoms with Gasteiger partial charge in [0.2, 0.25) is 0 Å². The third-order valence-corrected chi connectivity index (χ3v) is 6.59. The highest BCUT2D eigenvalue weighted by molar-refractivity contribution is 7.98. The molecule has 2 amide bonds. The number of urea groups is 1. The quantitative estimate of drug-likeness (QED) is 0.306. The highest BCUT2D eigenvalue weighted by atomic mass is 32.2. The van der Waals surface area contributed by atoms with Crippen LogP contribution < -0.4 is 10.6 Å². The molecular formula is C27H29N5OS. The summed E-state index contributed by atoms with van der Waals surface area (Å²) in [5, 5.41) is 15.5. The van der Waals surface area contributed by atoms with Crippen LogP contribution in [0.5, 0.6) is 0 Å². The molecule has 0 spiro atoms. The summed E-state index contributed by atoms with van der Waals surface area (Å²) in [5.74, 6) is 1.46. The summed E-state index contributed by atoms with van der Waals surface area (Å²) in [6.45, 7) is 6.52. The van der Waals surface area contributed by atoms with Crippen molar-refractivity contribution in [1.29, 1.82) is 0 Å². The number of carbonyl (C=O) groups excluding carboxylic acids is 1. The van der Waals surface area contributed by atoms with Gasteiger partial charge in [-0.1, -0.05) is 72.8 Å². The zero-order chi connectivity index (χ0) is 23.9. The number of rotatable bonds is 8. The van der Waals surface area contributed by atoms with Crippen molar-refractivity contribution in [3.05, 3.63) is 101 Å². The molecule has 0 atom stereocenters. The van der Waals surface area contributed by atoms with Crippen LogP contribution >= 0.6 is 11.8 Å². The third kappa shape index (κ3) is 5.85. The van der Waals surface area contributed by atoms with Crippen LogP contribution in [0, 0.1) is 13.8 Å². The summed E-state index contributed by atoms with van der Waals surface area (Å²) in [7, 11) is 0. The minimum Gasteiger partial charge on any atom is -0.331 e. The maximum atomic E-state index is 12.5. The van der Waals surface area contributed by atoms with E-state index in [0.29, 0.717) is 5.82 Å². The van der Waals surface area contributed by atoms with E-state index in [1.807, 2.05) is 34.9 Å². The Labute approximate surface area is 204 Å². The van der Waals surface area contributed by atoms with E-state index >= 15 is 0 Å². The van der Waals surface area contributed by atoms with E-state index in [4.69, 9.17) is 0 Å². The minimum absolute atomic E-state index is 0.255. The first-order valence-electron chi connectivity index (χ1n) is 11.4. The lowest BCUT2D eigenvalue weighted by Gasteiger charge is -2.12. The van der Waals surface area contributed by atoms with Gasteiger partial charge in [0, 0.05) is 17.1 Å². The number of anilines is 1. The highest BCUT2D eigenvalue weighted by Crippen LogP contribution is 2.26. The van der Waals surface area contributed by atoms with Gasteiger partial charge < -0.3 is 10.6 Å². The summed E-state index contributed by atoms with van der Waals surface area (Å²) < 4.78 is 2.01. The van der Waals surface area contributed by atoms with Gasteiger partial charge in [-0.3, -0.25) is 4.57 Å². The Kier molecular flexibility index (Phi) is 7.65. The van der Waals surface area contributed by atoms with E-state index in [0.717, 1.165) is 28.7 Å². The number of carbonyl (C=O) groups is 1. The molecule has 0 unspecified atom stereocenters. The van der Waals surface area contributed by atoms with E-state index in [2.05, 4.69) is 84.1 Å². The van der Waals surface area contributed by atoms with Gasteiger partial charge in [-0.05, 0) is 61.2 Å². The molecule has 0 saturated carbocycles. The van der Waals surface area contributed by atoms with E-state index < -0.39 is 0 Å². The zero-order valence-corrected chi connectivity index (χ0v) is 20.5. The Morgan fingerprint density at radius 3 is 2.53 bits per heavy atom. The van der Waals surface area contributed by atoms with E-state index in [9.17, 15) is 4.79 Å². The normalized spacial score (nSPS) is 10.8. The van der Waals surface area contributed by atoms with Crippen LogP contribution in [0.15, 0.2) is 78.0 Å². The van der Waals surface area contributed by atoms with Crippen molar-refractivity contribution in [1.82, 2.24) is 20.1 Å². The second kappa shape index (κ2) is 11.0. The van der Waals surface area contributed by atoms with Gasteiger partial charge in [0.05, 0.1) is 6.54 Å². The predicted octanol–water partition coefficient (Wildman–Crippen LogP) is 6.06. The Morgan fingerprint density at radius 2 is 1.76 bits per heavy atom. The molecule has 0 fully saturated rings. The SMILES string of the molecule is CCc1cccc(NC(=O)NCc2nnc(SCc3ccccc3C)n2-c2ccc(C)cc2)c1. The molecule has 7 heteroatoms. The van der Waals surface area contributed by atoms with Crippen LogP contribution in [0.2, 0.25) is 0 Å². The van der Waals surface area contributed by atoms with Crippen molar-refractivity contribution in [3.8, 4) is 5.69 Å². The van der Waals surface area contributed by atoms with Crippen molar-refractivity contribution >= 4 is 23.5 Å². The molecule has 4 rings (SSSR count). The first kappa shape index (κ1) is 23.6. The molecule has 1 heterocycles. The third-order valence-electron chi connectivity index (χ3n) is 5.61. The molecule has 0 aliphatic carbocycles. The second-order valence-corrected chi connectivity index (χ2v) is 9.09. The van der Waals surface area contributed by atoms with Gasteiger partial charge in [0.25, 0.3) is 0 Å². The van der Waals surface area contributed by atoms with Gasteiger partial charge in [-0.25, -0.2) is 4.79 Å². The fraction of sp³-hybridized carbons (Fsp3) is 0.222. The first-order chi connectivity index (χ1) is 16.5. The number of aryl methyl sites for hydroxylation is 3. The summed E-state index contributed by atoms with van der Waals surface area (Å²) in [4.78, 5) is 12.5. The topological polar surface area (TPSA) is 71.8 Å². The lowest BCUT2D eigenvalue weighted by Crippen LogP contribution is -2.29. The summed E-state index contributed by atoms with van der Waals surface area (Å²) in [6.07, 6.45) is 0.916. The van der Waals surface area contributed by atoms with E-state index in [1.54, 1.807) is 11.8 Å². The van der Waals surface area contributed by atoms with Gasteiger partial charge in [-0.2, -0.15) is 0 Å². The minimum atomic E-state index is -0.277. The number of thioether (sulfide) groups is 1. The van der Waals surface area contributed by atoms with Gasteiger partial charge in [0.15, 0.2) is 11.0 Å². The zero-order valence-electron chi connectivity index (χ0n) is 19.7. The Balaban J connectivity index is 1.51. The summed E-state index contributed by atoms with van der Waals surface area (Å²) >= 11 is 1.64. The maximum Gasteiger partial charge on any atom is 0.319 e. The molecule has 2 N–H and O–H groups in total. The van der Waals surface area contributed by atoms with Gasteiger partial charge in [0.1, 0.15) is 0 Å². The van der Waals surface area contributed by atoms with E-state index in [1.165, 1.54) is 22.3 Å². The van der Waals surface area contributed by atoms with Crippen LogP contribution in [-0.4, -0.2) is 20.8 Å². The lowest BCUT2D eigenvalue weighted by atomic mass is 10.1. The smallest absolute Gasteiger partial charge is 0.319 e. The number of amides is 2. The molecule has 34 heavy (non-hydrogen) atoms. The van der Waals surface area contributed by atoms with Crippen molar-refractivity contribution in [2.45, 2.75) is 44.6 Å². The molecule has 4 aromatic rings. The standard InChI is InChI=1S/C27H29N5OS/c1-4-21-9-7-11-23(16-21)29-26(33)28-17-25-30-31-27(32(25)24-14-12-19(2)13-15-24)34-18-22-10-6-5-8-20(22)3/h5-16H,4,17-18H2,1-3H3,(H2,28,29,33). The van der Waals surface area contributed by atoms with Crippen molar-refractivity contribution in [3.63, 3.8) is 0 Å². The van der Waals surface area contributed by atoms with Crippen LogP contribution in [0.25, 0.3) is 5.69 Å².